The number of halogens is 1. The van der Waals surface area contributed by atoms with Gasteiger partial charge < -0.3 is 9.30 Å². The van der Waals surface area contributed by atoms with Crippen LogP contribution in [0.3, 0.4) is 0 Å². The van der Waals surface area contributed by atoms with Gasteiger partial charge >= 0.3 is 5.97 Å². The molecule has 6 nitrogen and oxygen atoms in total. The van der Waals surface area contributed by atoms with Crippen LogP contribution in [-0.4, -0.2) is 28.6 Å². The fourth-order valence-corrected chi connectivity index (χ4v) is 3.26. The Bertz CT molecular complexity index is 999. The molecule has 1 amide bonds. The second-order valence-electron chi connectivity index (χ2n) is 5.86. The zero-order valence-electron chi connectivity index (χ0n) is 13.9. The molecule has 0 bridgehead atoms. The van der Waals surface area contributed by atoms with Gasteiger partial charge in [0.2, 0.25) is 0 Å². The van der Waals surface area contributed by atoms with Crippen LogP contribution in [0.2, 0.25) is 0 Å². The third-order valence-electron chi connectivity index (χ3n) is 4.32. The van der Waals surface area contributed by atoms with E-state index >= 15 is 0 Å². The van der Waals surface area contributed by atoms with E-state index in [2.05, 4.69) is 0 Å². The van der Waals surface area contributed by atoms with Gasteiger partial charge in [-0.1, -0.05) is 30.3 Å². The molecule has 3 aromatic rings. The van der Waals surface area contributed by atoms with Gasteiger partial charge in [0, 0.05) is 5.39 Å². The Balaban J connectivity index is 1.70. The monoisotopic (exact) mass is 354 g/mol. The van der Waals surface area contributed by atoms with Crippen molar-refractivity contribution in [2.75, 3.05) is 7.11 Å². The Morgan fingerprint density at radius 2 is 1.92 bits per heavy atom. The average Bonchev–Trinajstić information content (AvgIpc) is 3.13. The maximum Gasteiger partial charge on any atom is 0.315 e. The highest BCUT2D eigenvalue weighted by atomic mass is 19.1. The smallest absolute Gasteiger partial charge is 0.315 e. The van der Waals surface area contributed by atoms with Crippen molar-refractivity contribution >= 4 is 22.8 Å². The molecule has 7 heteroatoms. The Morgan fingerprint density at radius 3 is 2.65 bits per heavy atom. The number of amides is 1. The van der Waals surface area contributed by atoms with E-state index in [0.717, 1.165) is 5.06 Å². The summed E-state index contributed by atoms with van der Waals surface area (Å²) >= 11 is 0. The molecule has 0 N–H and O–H groups in total. The molecule has 4 rings (SSSR count). The van der Waals surface area contributed by atoms with Crippen LogP contribution in [0, 0.1) is 5.82 Å². The van der Waals surface area contributed by atoms with Gasteiger partial charge in [0.05, 0.1) is 19.0 Å². The number of carbonyl (C=O) groups is 2. The van der Waals surface area contributed by atoms with Crippen LogP contribution in [0.15, 0.2) is 54.6 Å². The molecule has 1 aliphatic rings. The Hall–Kier alpha value is -3.19. The van der Waals surface area contributed by atoms with Crippen molar-refractivity contribution in [3.8, 4) is 5.75 Å². The van der Waals surface area contributed by atoms with Gasteiger partial charge in [0.15, 0.2) is 0 Å². The highest BCUT2D eigenvalue weighted by Gasteiger charge is 2.41. The van der Waals surface area contributed by atoms with Crippen LogP contribution in [0.25, 0.3) is 10.9 Å². The van der Waals surface area contributed by atoms with Crippen LogP contribution in [0.5, 0.6) is 5.75 Å². The Morgan fingerprint density at radius 1 is 1.15 bits per heavy atom. The number of esters is 1. The lowest BCUT2D eigenvalue weighted by molar-refractivity contribution is -0.151. The maximum atomic E-state index is 14.4. The van der Waals surface area contributed by atoms with Crippen molar-refractivity contribution in [3.05, 3.63) is 66.1 Å². The number of hydroxylamine groups is 2. The van der Waals surface area contributed by atoms with Gasteiger partial charge in [0.1, 0.15) is 23.4 Å². The van der Waals surface area contributed by atoms with Crippen LogP contribution < -0.4 is 4.74 Å². The quantitative estimate of drug-likeness (QED) is 0.533. The standard InChI is InChI=1S/C19H15FN2O4/c1-25-22-16(11-17(23)26-13-7-3-2-4-8-13)21-15(19(22)24)10-12-6-5-9-14(20)18(12)21/h2-10,16H,11H2,1H3. The SMILES string of the molecule is CON1C(=O)c2cc3cccc(F)c3n2C1CC(=O)Oc1ccccc1. The van der Waals surface area contributed by atoms with Gasteiger partial charge in [-0.15, -0.1) is 0 Å². The zero-order valence-corrected chi connectivity index (χ0v) is 13.9. The number of hydrogen-bond acceptors (Lipinski definition) is 4. The molecule has 0 fully saturated rings. The first-order chi connectivity index (χ1) is 12.6. The molecule has 0 radical (unpaired) electrons. The van der Waals surface area contributed by atoms with E-state index in [-0.39, 0.29) is 17.6 Å². The molecular formula is C19H15FN2O4. The van der Waals surface area contributed by atoms with Crippen molar-refractivity contribution < 1.29 is 23.6 Å². The number of aromatic nitrogens is 1. The topological polar surface area (TPSA) is 60.8 Å². The van der Waals surface area contributed by atoms with Gasteiger partial charge in [-0.05, 0) is 24.3 Å². The predicted octanol–water partition coefficient (Wildman–Crippen LogP) is 3.29. The summed E-state index contributed by atoms with van der Waals surface area (Å²) in [6.07, 6.45) is -1.01. The fraction of sp³-hybridized carbons (Fsp3) is 0.158. The third-order valence-corrected chi connectivity index (χ3v) is 4.32. The van der Waals surface area contributed by atoms with E-state index < -0.39 is 23.9 Å². The summed E-state index contributed by atoms with van der Waals surface area (Å²) in [6, 6.07) is 14.8. The number of fused-ring (bicyclic) bond motifs is 3. The van der Waals surface area contributed by atoms with E-state index in [1.165, 1.54) is 17.7 Å². The fourth-order valence-electron chi connectivity index (χ4n) is 3.26. The molecule has 2 aromatic carbocycles. The van der Waals surface area contributed by atoms with Crippen LogP contribution in [0.1, 0.15) is 23.1 Å². The van der Waals surface area contributed by atoms with E-state index in [1.807, 2.05) is 0 Å². The molecule has 0 spiro atoms. The molecular weight excluding hydrogens is 339 g/mol. The molecule has 2 heterocycles. The molecule has 1 unspecified atom stereocenters. The highest BCUT2D eigenvalue weighted by Crippen LogP contribution is 2.36. The molecule has 0 saturated heterocycles. The van der Waals surface area contributed by atoms with E-state index in [9.17, 15) is 14.0 Å². The summed E-state index contributed by atoms with van der Waals surface area (Å²) in [7, 11) is 1.33. The van der Waals surface area contributed by atoms with Gasteiger partial charge in [0.25, 0.3) is 5.91 Å². The van der Waals surface area contributed by atoms with Gasteiger partial charge in [-0.2, -0.15) is 5.06 Å². The summed E-state index contributed by atoms with van der Waals surface area (Å²) < 4.78 is 21.2. The lowest BCUT2D eigenvalue weighted by Crippen LogP contribution is -2.31. The largest absolute Gasteiger partial charge is 0.426 e. The van der Waals surface area contributed by atoms with Crippen molar-refractivity contribution in [2.45, 2.75) is 12.6 Å². The number of nitrogens with zero attached hydrogens (tertiary/aromatic N) is 2. The van der Waals surface area contributed by atoms with Gasteiger partial charge in [-0.25, -0.2) is 4.39 Å². The summed E-state index contributed by atoms with van der Waals surface area (Å²) in [6.45, 7) is 0. The minimum atomic E-state index is -0.826. The molecule has 0 aliphatic carbocycles. The number of carbonyl (C=O) groups excluding carboxylic acids is 2. The Kier molecular flexibility index (Phi) is 3.93. The van der Waals surface area contributed by atoms with Gasteiger partial charge in [-0.3, -0.25) is 14.4 Å². The van der Waals surface area contributed by atoms with Crippen molar-refractivity contribution in [2.24, 2.45) is 0 Å². The molecule has 1 aromatic heterocycles. The first-order valence-electron chi connectivity index (χ1n) is 8.03. The van der Waals surface area contributed by atoms with E-state index in [4.69, 9.17) is 9.57 Å². The highest BCUT2D eigenvalue weighted by molar-refractivity contribution is 6.01. The molecule has 1 atom stereocenters. The molecule has 0 saturated carbocycles. The van der Waals surface area contributed by atoms with Crippen LogP contribution in [0.4, 0.5) is 4.39 Å². The minimum absolute atomic E-state index is 0.181. The predicted molar refractivity (Wildman–Crippen MR) is 90.8 cm³/mol. The number of para-hydroxylation sites is 2. The summed E-state index contributed by atoms with van der Waals surface area (Å²) in [5.41, 5.74) is 0.525. The second-order valence-corrected chi connectivity index (χ2v) is 5.86. The van der Waals surface area contributed by atoms with Crippen LogP contribution in [-0.2, 0) is 9.63 Å². The van der Waals surface area contributed by atoms with E-state index in [1.54, 1.807) is 48.5 Å². The number of benzene rings is 2. The van der Waals surface area contributed by atoms with Crippen molar-refractivity contribution in [3.63, 3.8) is 0 Å². The third kappa shape index (κ3) is 2.53. The summed E-state index contributed by atoms with van der Waals surface area (Å²) in [5, 5.41) is 1.65. The minimum Gasteiger partial charge on any atom is -0.426 e. The first-order valence-corrected chi connectivity index (χ1v) is 8.03. The molecule has 1 aliphatic heterocycles. The molecule has 26 heavy (non-hydrogen) atoms. The Labute approximate surface area is 148 Å². The first kappa shape index (κ1) is 16.3. The number of rotatable bonds is 4. The maximum absolute atomic E-state index is 14.4. The van der Waals surface area contributed by atoms with Crippen LogP contribution >= 0.6 is 0 Å². The lowest BCUT2D eigenvalue weighted by Gasteiger charge is -2.23. The zero-order chi connectivity index (χ0) is 18.3. The number of hydrogen-bond donors (Lipinski definition) is 0. The average molecular weight is 354 g/mol. The van der Waals surface area contributed by atoms with E-state index in [0.29, 0.717) is 11.1 Å². The normalized spacial score (nSPS) is 16.2. The van der Waals surface area contributed by atoms with Crippen molar-refractivity contribution in [1.82, 2.24) is 9.63 Å². The summed E-state index contributed by atoms with van der Waals surface area (Å²) in [4.78, 5) is 30.1. The second kappa shape index (κ2) is 6.27. The lowest BCUT2D eigenvalue weighted by atomic mass is 10.2. The van der Waals surface area contributed by atoms with Crippen molar-refractivity contribution in [1.29, 1.82) is 0 Å². The number of ether oxygens (including phenoxy) is 1. The molecule has 132 valence electrons. The summed E-state index contributed by atoms with van der Waals surface area (Å²) in [5.74, 6) is -1.06.